The van der Waals surface area contributed by atoms with Crippen LogP contribution in [0, 0.1) is 11.8 Å². The molecule has 2 heteroatoms. The Labute approximate surface area is 127 Å². The Bertz CT molecular complexity index is 341. The number of halogens is 1. The molecule has 0 heterocycles. The van der Waals surface area contributed by atoms with Crippen LogP contribution < -0.4 is 5.32 Å². The maximum atomic E-state index is 3.62. The zero-order chi connectivity index (χ0) is 14.3. The molecule has 1 unspecified atom stereocenters. The normalized spacial score (nSPS) is 13.2. The highest BCUT2D eigenvalue weighted by Crippen LogP contribution is 2.24. The maximum absolute atomic E-state index is 3.62. The number of benzene rings is 1. The van der Waals surface area contributed by atoms with Crippen molar-refractivity contribution < 1.29 is 0 Å². The van der Waals surface area contributed by atoms with Gasteiger partial charge in [0.2, 0.25) is 0 Å². The van der Waals surface area contributed by atoms with E-state index in [9.17, 15) is 0 Å². The average Bonchev–Trinajstić information content (AvgIpc) is 2.39. The first kappa shape index (κ1) is 16.7. The first-order valence-electron chi connectivity index (χ1n) is 7.54. The summed E-state index contributed by atoms with van der Waals surface area (Å²) in [5, 5.41) is 3.62. The molecule has 0 saturated carbocycles. The van der Waals surface area contributed by atoms with Crippen molar-refractivity contribution >= 4 is 15.9 Å². The molecule has 108 valence electrons. The fraction of sp³-hybridized carbons (Fsp3) is 0.647. The molecule has 1 atom stereocenters. The van der Waals surface area contributed by atoms with Gasteiger partial charge in [0.1, 0.15) is 0 Å². The van der Waals surface area contributed by atoms with Crippen LogP contribution in [-0.2, 0) is 6.42 Å². The summed E-state index contributed by atoms with van der Waals surface area (Å²) in [6, 6.07) is 9.36. The molecule has 0 aliphatic carbocycles. The van der Waals surface area contributed by atoms with Gasteiger partial charge in [0.25, 0.3) is 0 Å². The number of hydrogen-bond acceptors (Lipinski definition) is 1. The molecule has 1 N–H and O–H groups in total. The van der Waals surface area contributed by atoms with Gasteiger partial charge in [-0.15, -0.1) is 0 Å². The lowest BCUT2D eigenvalue weighted by Gasteiger charge is -2.27. The van der Waals surface area contributed by atoms with Gasteiger partial charge < -0.3 is 5.32 Å². The van der Waals surface area contributed by atoms with E-state index < -0.39 is 0 Å². The summed E-state index contributed by atoms with van der Waals surface area (Å²) in [5.74, 6) is 1.55. The van der Waals surface area contributed by atoms with Crippen LogP contribution in [0.3, 0.4) is 0 Å². The molecular weight excluding hydrogens is 298 g/mol. The van der Waals surface area contributed by atoms with Crippen molar-refractivity contribution in [1.82, 2.24) is 5.32 Å². The smallest absolute Gasteiger partial charge is 0.0175 e. The Hall–Kier alpha value is -0.340. The molecule has 1 rings (SSSR count). The first-order valence-corrected chi connectivity index (χ1v) is 8.33. The maximum Gasteiger partial charge on any atom is 0.0175 e. The van der Waals surface area contributed by atoms with Gasteiger partial charge in [-0.3, -0.25) is 0 Å². The van der Waals surface area contributed by atoms with E-state index in [1.165, 1.54) is 24.8 Å². The van der Waals surface area contributed by atoms with Crippen LogP contribution in [0.5, 0.6) is 0 Å². The van der Waals surface area contributed by atoms with E-state index in [1.807, 2.05) is 0 Å². The van der Waals surface area contributed by atoms with Crippen LogP contribution in [0.2, 0.25) is 0 Å². The summed E-state index contributed by atoms with van der Waals surface area (Å²) < 4.78 is 1.16. The highest BCUT2D eigenvalue weighted by Gasteiger charge is 2.19. The van der Waals surface area contributed by atoms with Crippen molar-refractivity contribution in [3.63, 3.8) is 0 Å². The standard InChI is InChI=1S/C17H28BrN/c1-5-15(6-2)16(12-19-13(3)4)11-14-7-9-17(18)10-8-14/h7-10,13,15-16,19H,5-6,11-12H2,1-4H3. The summed E-state index contributed by atoms with van der Waals surface area (Å²) in [5.41, 5.74) is 1.45. The Morgan fingerprint density at radius 2 is 1.58 bits per heavy atom. The minimum atomic E-state index is 0.571. The van der Waals surface area contributed by atoms with Gasteiger partial charge in [-0.25, -0.2) is 0 Å². The molecule has 0 bridgehead atoms. The van der Waals surface area contributed by atoms with Crippen molar-refractivity contribution in [2.75, 3.05) is 6.54 Å². The lowest BCUT2D eigenvalue weighted by atomic mass is 9.83. The van der Waals surface area contributed by atoms with Crippen LogP contribution in [0.1, 0.15) is 46.1 Å². The lowest BCUT2D eigenvalue weighted by molar-refractivity contribution is 0.291. The van der Waals surface area contributed by atoms with Crippen molar-refractivity contribution in [3.05, 3.63) is 34.3 Å². The zero-order valence-corrected chi connectivity index (χ0v) is 14.3. The summed E-state index contributed by atoms with van der Waals surface area (Å²) in [6.07, 6.45) is 3.73. The van der Waals surface area contributed by atoms with Gasteiger partial charge >= 0.3 is 0 Å². The lowest BCUT2D eigenvalue weighted by Crippen LogP contribution is -2.33. The first-order chi connectivity index (χ1) is 9.06. The van der Waals surface area contributed by atoms with Gasteiger partial charge in [0, 0.05) is 10.5 Å². The van der Waals surface area contributed by atoms with E-state index in [2.05, 4.69) is 73.2 Å². The summed E-state index contributed by atoms with van der Waals surface area (Å²) in [6.45, 7) is 10.2. The molecule has 0 amide bonds. The van der Waals surface area contributed by atoms with Crippen molar-refractivity contribution in [2.24, 2.45) is 11.8 Å². The average molecular weight is 326 g/mol. The fourth-order valence-corrected chi connectivity index (χ4v) is 2.94. The molecule has 0 aliphatic rings. The molecule has 1 aromatic rings. The molecule has 0 spiro atoms. The monoisotopic (exact) mass is 325 g/mol. The van der Waals surface area contributed by atoms with Gasteiger partial charge in [-0.05, 0) is 42.5 Å². The Morgan fingerprint density at radius 1 is 1.00 bits per heavy atom. The van der Waals surface area contributed by atoms with Crippen LogP contribution in [0.4, 0.5) is 0 Å². The molecule has 0 fully saturated rings. The third kappa shape index (κ3) is 6.09. The molecule has 1 aromatic carbocycles. The van der Waals surface area contributed by atoms with Crippen LogP contribution in [0.25, 0.3) is 0 Å². The van der Waals surface area contributed by atoms with Crippen LogP contribution >= 0.6 is 15.9 Å². The second-order valence-corrected chi connectivity index (χ2v) is 6.65. The SMILES string of the molecule is CCC(CC)C(CNC(C)C)Cc1ccc(Br)cc1. The minimum absolute atomic E-state index is 0.571. The van der Waals surface area contributed by atoms with Gasteiger partial charge in [0.05, 0.1) is 0 Å². The van der Waals surface area contributed by atoms with Gasteiger partial charge in [-0.2, -0.15) is 0 Å². The largest absolute Gasteiger partial charge is 0.314 e. The Kier molecular flexibility index (Phi) is 7.70. The third-order valence-electron chi connectivity index (χ3n) is 3.91. The molecule has 0 aromatic heterocycles. The molecular formula is C17H28BrN. The number of rotatable bonds is 8. The molecule has 19 heavy (non-hydrogen) atoms. The van der Waals surface area contributed by atoms with Crippen molar-refractivity contribution in [3.8, 4) is 0 Å². The second-order valence-electron chi connectivity index (χ2n) is 5.73. The Balaban J connectivity index is 2.69. The summed E-state index contributed by atoms with van der Waals surface area (Å²) in [7, 11) is 0. The van der Waals surface area contributed by atoms with E-state index in [0.717, 1.165) is 22.9 Å². The Morgan fingerprint density at radius 3 is 2.05 bits per heavy atom. The third-order valence-corrected chi connectivity index (χ3v) is 4.44. The fourth-order valence-electron chi connectivity index (χ4n) is 2.67. The second kappa shape index (κ2) is 8.76. The van der Waals surface area contributed by atoms with Gasteiger partial charge in [-0.1, -0.05) is 68.6 Å². The van der Waals surface area contributed by atoms with Crippen molar-refractivity contribution in [2.45, 2.75) is 53.0 Å². The van der Waals surface area contributed by atoms with E-state index >= 15 is 0 Å². The minimum Gasteiger partial charge on any atom is -0.314 e. The highest BCUT2D eigenvalue weighted by atomic mass is 79.9. The van der Waals surface area contributed by atoms with Crippen LogP contribution in [0.15, 0.2) is 28.7 Å². The predicted molar refractivity (Wildman–Crippen MR) is 88.5 cm³/mol. The van der Waals surface area contributed by atoms with E-state index in [1.54, 1.807) is 0 Å². The summed E-state index contributed by atoms with van der Waals surface area (Å²) in [4.78, 5) is 0. The van der Waals surface area contributed by atoms with E-state index in [4.69, 9.17) is 0 Å². The predicted octanol–water partition coefficient (Wildman–Crippen LogP) is 5.04. The molecule has 0 saturated heterocycles. The highest BCUT2D eigenvalue weighted by molar-refractivity contribution is 9.10. The van der Waals surface area contributed by atoms with E-state index in [-0.39, 0.29) is 0 Å². The molecule has 0 aliphatic heterocycles. The quantitative estimate of drug-likeness (QED) is 0.705. The number of nitrogens with one attached hydrogen (secondary N) is 1. The summed E-state index contributed by atoms with van der Waals surface area (Å²) >= 11 is 3.51. The van der Waals surface area contributed by atoms with Crippen LogP contribution in [-0.4, -0.2) is 12.6 Å². The van der Waals surface area contributed by atoms with Crippen molar-refractivity contribution in [1.29, 1.82) is 0 Å². The van der Waals surface area contributed by atoms with E-state index in [0.29, 0.717) is 6.04 Å². The number of hydrogen-bond donors (Lipinski definition) is 1. The molecule has 1 nitrogen and oxygen atoms in total. The zero-order valence-electron chi connectivity index (χ0n) is 12.7. The topological polar surface area (TPSA) is 12.0 Å². The molecule has 0 radical (unpaired) electrons. The van der Waals surface area contributed by atoms with Gasteiger partial charge in [0.15, 0.2) is 0 Å².